The van der Waals surface area contributed by atoms with Crippen molar-refractivity contribution < 1.29 is 5.11 Å². The van der Waals surface area contributed by atoms with Crippen LogP contribution in [0.5, 0.6) is 0 Å². The summed E-state index contributed by atoms with van der Waals surface area (Å²) >= 11 is 0. The molecule has 0 heterocycles. The number of nitriles is 1. The monoisotopic (exact) mass is 216 g/mol. The molecule has 0 aromatic heterocycles. The fourth-order valence-corrected chi connectivity index (χ4v) is 2.12. The van der Waals surface area contributed by atoms with Crippen molar-refractivity contribution >= 4 is 5.69 Å². The Kier molecular flexibility index (Phi) is 2.84. The molecule has 1 aliphatic rings. The second kappa shape index (κ2) is 4.15. The molecule has 2 N–H and O–H groups in total. The highest BCUT2D eigenvalue weighted by atomic mass is 16.3. The summed E-state index contributed by atoms with van der Waals surface area (Å²) in [5, 5.41) is 22.0. The van der Waals surface area contributed by atoms with Crippen molar-refractivity contribution in [3.8, 4) is 6.07 Å². The zero-order chi connectivity index (χ0) is 11.6. The molecule has 1 aromatic rings. The molecule has 0 aliphatic heterocycles. The number of anilines is 1. The molecule has 1 saturated carbocycles. The molecule has 0 radical (unpaired) electrons. The number of aliphatic hydroxyl groups is 1. The lowest BCUT2D eigenvalue weighted by Gasteiger charge is -2.40. The van der Waals surface area contributed by atoms with Crippen LogP contribution in [0, 0.1) is 24.2 Å². The lowest BCUT2D eigenvalue weighted by atomic mass is 9.71. The molecule has 1 aliphatic carbocycles. The minimum absolute atomic E-state index is 0.0312. The summed E-state index contributed by atoms with van der Waals surface area (Å²) in [6, 6.07) is 10.2. The Balaban J connectivity index is 1.90. The molecule has 0 amide bonds. The van der Waals surface area contributed by atoms with Crippen molar-refractivity contribution in [3.05, 3.63) is 29.8 Å². The summed E-state index contributed by atoms with van der Waals surface area (Å²) in [5.41, 5.74) is 1.53. The first-order valence-electron chi connectivity index (χ1n) is 5.54. The molecule has 0 saturated heterocycles. The number of para-hydroxylation sites is 1. The topological polar surface area (TPSA) is 56.0 Å². The van der Waals surface area contributed by atoms with E-state index in [1.165, 1.54) is 5.56 Å². The van der Waals surface area contributed by atoms with Gasteiger partial charge in [0.1, 0.15) is 0 Å². The van der Waals surface area contributed by atoms with Crippen LogP contribution < -0.4 is 5.32 Å². The van der Waals surface area contributed by atoms with Gasteiger partial charge < -0.3 is 10.4 Å². The Morgan fingerprint density at radius 3 is 2.81 bits per heavy atom. The van der Waals surface area contributed by atoms with Gasteiger partial charge in [0.15, 0.2) is 0 Å². The Morgan fingerprint density at radius 1 is 1.50 bits per heavy atom. The third-order valence-electron chi connectivity index (χ3n) is 3.19. The SMILES string of the molecule is Cc1ccccc1NCC1(O)CC(C#N)C1. The highest BCUT2D eigenvalue weighted by molar-refractivity contribution is 5.50. The number of hydrogen-bond acceptors (Lipinski definition) is 3. The van der Waals surface area contributed by atoms with Gasteiger partial charge in [-0.15, -0.1) is 0 Å². The number of hydrogen-bond donors (Lipinski definition) is 2. The van der Waals surface area contributed by atoms with Gasteiger partial charge in [0.2, 0.25) is 0 Å². The molecular weight excluding hydrogens is 200 g/mol. The summed E-state index contributed by atoms with van der Waals surface area (Å²) in [6.45, 7) is 2.56. The van der Waals surface area contributed by atoms with Crippen LogP contribution in [0.3, 0.4) is 0 Å². The first kappa shape index (κ1) is 11.0. The zero-order valence-corrected chi connectivity index (χ0v) is 9.40. The van der Waals surface area contributed by atoms with Crippen LogP contribution in [0.15, 0.2) is 24.3 Å². The second-order valence-electron chi connectivity index (χ2n) is 4.63. The minimum atomic E-state index is -0.692. The normalized spacial score (nSPS) is 27.9. The van der Waals surface area contributed by atoms with E-state index in [0.29, 0.717) is 19.4 Å². The Bertz CT molecular complexity index is 416. The zero-order valence-electron chi connectivity index (χ0n) is 9.40. The van der Waals surface area contributed by atoms with Crippen LogP contribution in [0.1, 0.15) is 18.4 Å². The van der Waals surface area contributed by atoms with Crippen molar-refractivity contribution in [2.75, 3.05) is 11.9 Å². The fourth-order valence-electron chi connectivity index (χ4n) is 2.12. The van der Waals surface area contributed by atoms with Gasteiger partial charge in [0.05, 0.1) is 17.6 Å². The lowest BCUT2D eigenvalue weighted by Crippen LogP contribution is -2.48. The van der Waals surface area contributed by atoms with Crippen LogP contribution in [-0.2, 0) is 0 Å². The maximum Gasteiger partial charge on any atom is 0.0844 e. The summed E-state index contributed by atoms with van der Waals surface area (Å²) in [6.07, 6.45) is 1.17. The number of nitrogens with one attached hydrogen (secondary N) is 1. The van der Waals surface area contributed by atoms with Gasteiger partial charge in [0, 0.05) is 12.2 Å². The summed E-state index contributed by atoms with van der Waals surface area (Å²) in [5.74, 6) is 0.0312. The second-order valence-corrected chi connectivity index (χ2v) is 4.63. The molecule has 0 unspecified atom stereocenters. The van der Waals surface area contributed by atoms with E-state index < -0.39 is 5.60 Å². The molecule has 3 nitrogen and oxygen atoms in total. The molecule has 1 fully saturated rings. The van der Waals surface area contributed by atoms with Crippen LogP contribution in [-0.4, -0.2) is 17.3 Å². The molecule has 16 heavy (non-hydrogen) atoms. The van der Waals surface area contributed by atoms with Crippen molar-refractivity contribution in [2.45, 2.75) is 25.4 Å². The molecule has 84 valence electrons. The largest absolute Gasteiger partial charge is 0.388 e. The number of aryl methyl sites for hydroxylation is 1. The molecule has 0 spiro atoms. The van der Waals surface area contributed by atoms with Gasteiger partial charge in [0.25, 0.3) is 0 Å². The first-order valence-corrected chi connectivity index (χ1v) is 5.54. The minimum Gasteiger partial charge on any atom is -0.388 e. The molecule has 0 atom stereocenters. The van der Waals surface area contributed by atoms with E-state index in [4.69, 9.17) is 5.26 Å². The quantitative estimate of drug-likeness (QED) is 0.813. The van der Waals surface area contributed by atoms with E-state index in [2.05, 4.69) is 11.4 Å². The maximum atomic E-state index is 10.1. The summed E-state index contributed by atoms with van der Waals surface area (Å²) < 4.78 is 0. The van der Waals surface area contributed by atoms with Crippen molar-refractivity contribution in [3.63, 3.8) is 0 Å². The first-order chi connectivity index (χ1) is 7.63. The standard InChI is InChI=1S/C13H16N2O/c1-10-4-2-3-5-12(10)15-9-13(16)6-11(7-13)8-14/h2-5,11,15-16H,6-7,9H2,1H3. The molecule has 0 bridgehead atoms. The number of benzene rings is 1. The Morgan fingerprint density at radius 2 is 2.19 bits per heavy atom. The summed E-state index contributed by atoms with van der Waals surface area (Å²) in [7, 11) is 0. The average Bonchev–Trinajstić information content (AvgIpc) is 2.24. The lowest BCUT2D eigenvalue weighted by molar-refractivity contribution is -0.0442. The molecule has 1 aromatic carbocycles. The predicted molar refractivity (Wildman–Crippen MR) is 63.0 cm³/mol. The van der Waals surface area contributed by atoms with Crippen LogP contribution in [0.25, 0.3) is 0 Å². The van der Waals surface area contributed by atoms with Gasteiger partial charge in [-0.05, 0) is 31.4 Å². The summed E-state index contributed by atoms with van der Waals surface area (Å²) in [4.78, 5) is 0. The van der Waals surface area contributed by atoms with E-state index in [1.54, 1.807) is 0 Å². The van der Waals surface area contributed by atoms with E-state index in [1.807, 2.05) is 31.2 Å². The van der Waals surface area contributed by atoms with Gasteiger partial charge in [-0.1, -0.05) is 18.2 Å². The predicted octanol–water partition coefficient (Wildman–Crippen LogP) is 2.07. The van der Waals surface area contributed by atoms with Gasteiger partial charge >= 0.3 is 0 Å². The van der Waals surface area contributed by atoms with Gasteiger partial charge in [-0.2, -0.15) is 5.26 Å². The van der Waals surface area contributed by atoms with Gasteiger partial charge in [-0.3, -0.25) is 0 Å². The maximum absolute atomic E-state index is 10.1. The van der Waals surface area contributed by atoms with E-state index >= 15 is 0 Å². The van der Waals surface area contributed by atoms with E-state index in [9.17, 15) is 5.11 Å². The fraction of sp³-hybridized carbons (Fsp3) is 0.462. The smallest absolute Gasteiger partial charge is 0.0844 e. The van der Waals surface area contributed by atoms with Crippen LogP contribution in [0.4, 0.5) is 5.69 Å². The highest BCUT2D eigenvalue weighted by Crippen LogP contribution is 2.37. The van der Waals surface area contributed by atoms with Crippen LogP contribution >= 0.6 is 0 Å². The van der Waals surface area contributed by atoms with Gasteiger partial charge in [-0.25, -0.2) is 0 Å². The molecule has 3 heteroatoms. The molecule has 2 rings (SSSR count). The number of rotatable bonds is 3. The average molecular weight is 216 g/mol. The van der Waals surface area contributed by atoms with E-state index in [-0.39, 0.29) is 5.92 Å². The molecular formula is C13H16N2O. The third-order valence-corrected chi connectivity index (χ3v) is 3.19. The van der Waals surface area contributed by atoms with Crippen molar-refractivity contribution in [1.82, 2.24) is 0 Å². The van der Waals surface area contributed by atoms with Crippen LogP contribution in [0.2, 0.25) is 0 Å². The highest BCUT2D eigenvalue weighted by Gasteiger charge is 2.42. The Hall–Kier alpha value is -1.53. The van der Waals surface area contributed by atoms with Crippen molar-refractivity contribution in [1.29, 1.82) is 5.26 Å². The Labute approximate surface area is 95.7 Å². The third kappa shape index (κ3) is 2.17. The van der Waals surface area contributed by atoms with E-state index in [0.717, 1.165) is 5.69 Å². The number of nitrogens with zero attached hydrogens (tertiary/aromatic N) is 1. The van der Waals surface area contributed by atoms with Crippen molar-refractivity contribution in [2.24, 2.45) is 5.92 Å².